The number of hydrogen-bond donors (Lipinski definition) is 1. The van der Waals surface area contributed by atoms with E-state index in [0.717, 1.165) is 13.8 Å². The molecular formula is C42H48O14. The van der Waals surface area contributed by atoms with E-state index in [1.54, 1.807) is 74.5 Å². The van der Waals surface area contributed by atoms with Gasteiger partial charge in [0.05, 0.1) is 40.1 Å². The fourth-order valence-corrected chi connectivity index (χ4v) is 9.86. The van der Waals surface area contributed by atoms with Crippen LogP contribution in [0.25, 0.3) is 0 Å². The van der Waals surface area contributed by atoms with Crippen molar-refractivity contribution < 1.29 is 67.0 Å². The molecule has 2 saturated carbocycles. The van der Waals surface area contributed by atoms with Crippen LogP contribution in [0.5, 0.6) is 0 Å². The molecule has 0 spiro atoms. The normalized spacial score (nSPS) is 33.2. The zero-order valence-corrected chi connectivity index (χ0v) is 32.7. The number of rotatable bonds is 9. The minimum atomic E-state index is -1.92. The molecule has 1 heterocycles. The van der Waals surface area contributed by atoms with E-state index in [2.05, 4.69) is 0 Å². The molecule has 2 aromatic rings. The molecule has 4 aliphatic rings. The Morgan fingerprint density at radius 3 is 1.73 bits per heavy atom. The lowest BCUT2D eigenvalue weighted by Gasteiger charge is -2.65. The Morgan fingerprint density at radius 2 is 1.27 bits per heavy atom. The van der Waals surface area contributed by atoms with Gasteiger partial charge in [-0.3, -0.25) is 19.2 Å². The molecule has 0 aromatic heterocycles. The Hall–Kier alpha value is -5.08. The van der Waals surface area contributed by atoms with Crippen LogP contribution < -0.4 is 0 Å². The molecule has 14 nitrogen and oxygen atoms in total. The predicted molar refractivity (Wildman–Crippen MR) is 194 cm³/mol. The van der Waals surface area contributed by atoms with Crippen molar-refractivity contribution >= 4 is 35.8 Å². The van der Waals surface area contributed by atoms with Crippen molar-refractivity contribution in [2.24, 2.45) is 16.7 Å². The average molecular weight is 777 g/mol. The van der Waals surface area contributed by atoms with Crippen LogP contribution in [-0.2, 0) is 52.3 Å². The third-order valence-corrected chi connectivity index (χ3v) is 12.1. The van der Waals surface area contributed by atoms with E-state index in [-0.39, 0.29) is 36.1 Å². The minimum absolute atomic E-state index is 0.0909. The summed E-state index contributed by atoms with van der Waals surface area (Å²) >= 11 is 0. The number of fused-ring (bicyclic) bond motifs is 4. The van der Waals surface area contributed by atoms with Crippen molar-refractivity contribution in [2.45, 2.75) is 116 Å². The molecule has 14 heteroatoms. The number of benzene rings is 2. The van der Waals surface area contributed by atoms with Crippen molar-refractivity contribution in [1.82, 2.24) is 0 Å². The molecule has 1 saturated heterocycles. The van der Waals surface area contributed by atoms with E-state index >= 15 is 0 Å². The Kier molecular flexibility index (Phi) is 10.7. The first-order valence-electron chi connectivity index (χ1n) is 18.6. The Morgan fingerprint density at radius 1 is 0.732 bits per heavy atom. The van der Waals surface area contributed by atoms with E-state index in [1.165, 1.54) is 27.7 Å². The van der Waals surface area contributed by atoms with E-state index in [1.807, 2.05) is 0 Å². The van der Waals surface area contributed by atoms with Crippen molar-refractivity contribution in [3.05, 3.63) is 82.9 Å². The van der Waals surface area contributed by atoms with Gasteiger partial charge in [0.1, 0.15) is 24.4 Å². The van der Waals surface area contributed by atoms with E-state index in [4.69, 9.17) is 33.2 Å². The highest BCUT2D eigenvalue weighted by Crippen LogP contribution is 2.69. The van der Waals surface area contributed by atoms with Crippen molar-refractivity contribution in [3.8, 4) is 0 Å². The second kappa shape index (κ2) is 14.8. The summed E-state index contributed by atoms with van der Waals surface area (Å²) in [5.41, 5.74) is -6.31. The van der Waals surface area contributed by atoms with Crippen molar-refractivity contribution in [2.75, 3.05) is 6.61 Å². The maximum atomic E-state index is 14.5. The molecular weight excluding hydrogens is 728 g/mol. The average Bonchev–Trinajstić information content (AvgIpc) is 3.37. The van der Waals surface area contributed by atoms with Crippen LogP contribution in [0.2, 0.25) is 0 Å². The van der Waals surface area contributed by atoms with Gasteiger partial charge >= 0.3 is 35.8 Å². The summed E-state index contributed by atoms with van der Waals surface area (Å²) in [6.45, 7) is 10.8. The molecule has 6 rings (SSSR count). The third-order valence-electron chi connectivity index (χ3n) is 12.1. The summed E-state index contributed by atoms with van der Waals surface area (Å²) in [6.07, 6.45) is -8.24. The van der Waals surface area contributed by atoms with E-state index in [0.29, 0.717) is 5.57 Å². The molecule has 1 N–H and O–H groups in total. The van der Waals surface area contributed by atoms with Crippen molar-refractivity contribution in [3.63, 3.8) is 0 Å². The van der Waals surface area contributed by atoms with Crippen LogP contribution in [0.3, 0.4) is 0 Å². The molecule has 300 valence electrons. The number of carbonyl (C=O) groups excluding carboxylic acids is 6. The first-order valence-corrected chi connectivity index (χ1v) is 18.6. The zero-order valence-electron chi connectivity index (χ0n) is 32.7. The molecule has 0 bridgehead atoms. The van der Waals surface area contributed by atoms with Crippen LogP contribution >= 0.6 is 0 Å². The van der Waals surface area contributed by atoms with E-state index in [9.17, 15) is 33.9 Å². The summed E-state index contributed by atoms with van der Waals surface area (Å²) in [5.74, 6) is -5.89. The van der Waals surface area contributed by atoms with Crippen LogP contribution in [0.4, 0.5) is 0 Å². The standard InChI is InChI=1S/C42H48O14/c1-22-29(51-23(2)43)20-41(39(6,7)49)32(22)33(52-24(3)44)35(53-25(4)45)40(8)30(54-37(47)27-15-11-9-12-16-27)19-31-42(21-50-31,56-26(5)46)34(40)36(41)55-38(48)28-17-13-10-14-18-28/h9-18,29-31,33-36,49H,19-21H2,1-8H3/t29-,30-,31+,33+,34?,35-,36-,40+,41-,42-/m0/s1. The highest BCUT2D eigenvalue weighted by atomic mass is 16.6. The topological polar surface area (TPSA) is 187 Å². The Bertz CT molecular complexity index is 1930. The lowest BCUT2D eigenvalue weighted by molar-refractivity contribution is -0.350. The van der Waals surface area contributed by atoms with Crippen LogP contribution in [-0.4, -0.2) is 95.4 Å². The van der Waals surface area contributed by atoms with Crippen LogP contribution in [0.15, 0.2) is 71.8 Å². The fraction of sp³-hybridized carbons (Fsp3) is 0.524. The first-order chi connectivity index (χ1) is 26.3. The Labute approximate surface area is 324 Å². The molecule has 56 heavy (non-hydrogen) atoms. The highest BCUT2D eigenvalue weighted by molar-refractivity contribution is 5.90. The van der Waals surface area contributed by atoms with Gasteiger partial charge in [-0.2, -0.15) is 0 Å². The SMILES string of the molecule is CC(=O)O[C@H]1C[C@]2(C(C)(C)O)C(=C1C)[C@@H](OC(C)=O)[C@H](OC(C)=O)[C@@]1(C)C([C@@H]2OC(=O)c2ccccc2)[C@]2(OC(C)=O)CO[C@@H]2C[C@@H]1OC(=O)c1ccccc1. The van der Waals surface area contributed by atoms with Gasteiger partial charge in [-0.1, -0.05) is 43.3 Å². The second-order valence-electron chi connectivity index (χ2n) is 15.9. The summed E-state index contributed by atoms with van der Waals surface area (Å²) in [6, 6.07) is 16.3. The van der Waals surface area contributed by atoms with Gasteiger partial charge < -0.3 is 38.3 Å². The summed E-state index contributed by atoms with van der Waals surface area (Å²) in [4.78, 5) is 81.0. The fourth-order valence-electron chi connectivity index (χ4n) is 9.86. The van der Waals surface area contributed by atoms with Crippen LogP contribution in [0, 0.1) is 16.7 Å². The summed E-state index contributed by atoms with van der Waals surface area (Å²) < 4.78 is 43.8. The Balaban J connectivity index is 1.75. The van der Waals surface area contributed by atoms with Crippen LogP contribution in [0.1, 0.15) is 88.9 Å². The molecule has 1 unspecified atom stereocenters. The van der Waals surface area contributed by atoms with Gasteiger partial charge in [-0.15, -0.1) is 0 Å². The first kappa shape index (κ1) is 40.6. The van der Waals surface area contributed by atoms with Gasteiger partial charge in [0.25, 0.3) is 0 Å². The number of aliphatic hydroxyl groups is 1. The predicted octanol–water partition coefficient (Wildman–Crippen LogP) is 4.45. The minimum Gasteiger partial charge on any atom is -0.458 e. The largest absolute Gasteiger partial charge is 0.458 e. The summed E-state index contributed by atoms with van der Waals surface area (Å²) in [5, 5.41) is 12.7. The number of carbonyl (C=O) groups is 6. The van der Waals surface area contributed by atoms with Gasteiger partial charge in [-0.05, 0) is 56.2 Å². The zero-order chi connectivity index (χ0) is 41.0. The number of esters is 6. The number of hydrogen-bond acceptors (Lipinski definition) is 14. The molecule has 3 aliphatic carbocycles. The van der Waals surface area contributed by atoms with Gasteiger partial charge in [0, 0.05) is 40.5 Å². The summed E-state index contributed by atoms with van der Waals surface area (Å²) in [7, 11) is 0. The quantitative estimate of drug-likeness (QED) is 0.214. The highest BCUT2D eigenvalue weighted by Gasteiger charge is 2.81. The lowest BCUT2D eigenvalue weighted by atomic mass is 9.49. The maximum absolute atomic E-state index is 14.5. The third kappa shape index (κ3) is 6.66. The van der Waals surface area contributed by atoms with Gasteiger partial charge in [0.15, 0.2) is 17.8 Å². The molecule has 0 amide bonds. The lowest BCUT2D eigenvalue weighted by Crippen LogP contribution is -2.79. The number of ether oxygens (including phenoxy) is 7. The van der Waals surface area contributed by atoms with E-state index < -0.39 is 100 Å². The maximum Gasteiger partial charge on any atom is 0.338 e. The molecule has 3 fully saturated rings. The molecule has 10 atom stereocenters. The second-order valence-corrected chi connectivity index (χ2v) is 15.9. The molecule has 0 radical (unpaired) electrons. The molecule has 1 aliphatic heterocycles. The molecule has 2 aromatic carbocycles. The van der Waals surface area contributed by atoms with Crippen molar-refractivity contribution in [1.29, 1.82) is 0 Å². The monoisotopic (exact) mass is 776 g/mol. The smallest absolute Gasteiger partial charge is 0.338 e. The van der Waals surface area contributed by atoms with Gasteiger partial charge in [0.2, 0.25) is 0 Å². The van der Waals surface area contributed by atoms with Gasteiger partial charge in [-0.25, -0.2) is 9.59 Å².